The highest BCUT2D eigenvalue weighted by Gasteiger charge is 2.49. The van der Waals surface area contributed by atoms with Crippen LogP contribution in [0.25, 0.3) is 11.0 Å². The van der Waals surface area contributed by atoms with Gasteiger partial charge in [0.2, 0.25) is 0 Å². The van der Waals surface area contributed by atoms with Gasteiger partial charge in [0.25, 0.3) is 0 Å². The van der Waals surface area contributed by atoms with Crippen LogP contribution in [0, 0.1) is 0 Å². The summed E-state index contributed by atoms with van der Waals surface area (Å²) < 4.78 is 59.0. The molecule has 2 aromatic rings. The Morgan fingerprint density at radius 3 is 2.53 bits per heavy atom. The molecule has 5 nitrogen and oxygen atoms in total. The van der Waals surface area contributed by atoms with Crippen LogP contribution < -0.4 is 0 Å². The molecular weight excluding hydrogens is 283 g/mol. The van der Waals surface area contributed by atoms with Crippen molar-refractivity contribution in [2.24, 2.45) is 0 Å². The standard InChI is InChI=1S/C7H3ClF3N3O2S/c8-4-1-2-5-6(3-4)14(13-12-5)17(15,16)7(9,10)11/h1-3H. The summed E-state index contributed by atoms with van der Waals surface area (Å²) in [7, 11) is -5.59. The normalized spacial score (nSPS) is 13.2. The molecule has 1 heterocycles. The summed E-state index contributed by atoms with van der Waals surface area (Å²) >= 11 is 5.57. The second-order valence-corrected chi connectivity index (χ2v) is 5.21. The number of nitrogens with zero attached hydrogens (tertiary/aromatic N) is 3. The van der Waals surface area contributed by atoms with E-state index in [1.807, 2.05) is 0 Å². The quantitative estimate of drug-likeness (QED) is 0.801. The largest absolute Gasteiger partial charge is 0.518 e. The van der Waals surface area contributed by atoms with E-state index in [9.17, 15) is 21.6 Å². The second kappa shape index (κ2) is 3.57. The Kier molecular flexibility index (Phi) is 2.54. The summed E-state index contributed by atoms with van der Waals surface area (Å²) in [5, 5.41) is 6.37. The Labute approximate surface area is 97.8 Å². The average molecular weight is 286 g/mol. The van der Waals surface area contributed by atoms with Gasteiger partial charge in [0.05, 0.1) is 0 Å². The van der Waals surface area contributed by atoms with Gasteiger partial charge in [0.15, 0.2) is 0 Å². The van der Waals surface area contributed by atoms with Crippen LogP contribution in [-0.2, 0) is 10.0 Å². The molecule has 0 unspecified atom stereocenters. The molecule has 0 aliphatic carbocycles. The molecular formula is C7H3ClF3N3O2S. The van der Waals surface area contributed by atoms with Gasteiger partial charge in [0.1, 0.15) is 11.0 Å². The van der Waals surface area contributed by atoms with E-state index in [1.165, 1.54) is 12.1 Å². The Balaban J connectivity index is 2.77. The molecule has 0 fully saturated rings. The Morgan fingerprint density at radius 2 is 1.94 bits per heavy atom. The predicted octanol–water partition coefficient (Wildman–Crippen LogP) is 1.78. The highest BCUT2D eigenvalue weighted by Crippen LogP contribution is 2.27. The fourth-order valence-corrected chi connectivity index (χ4v) is 2.05. The molecule has 10 heteroatoms. The molecule has 0 atom stereocenters. The summed E-state index contributed by atoms with van der Waals surface area (Å²) in [5.74, 6) is 0. The molecule has 17 heavy (non-hydrogen) atoms. The first kappa shape index (κ1) is 12.1. The van der Waals surface area contributed by atoms with Gasteiger partial charge < -0.3 is 0 Å². The smallest absolute Gasteiger partial charge is 0.195 e. The van der Waals surface area contributed by atoms with Crippen molar-refractivity contribution in [3.8, 4) is 0 Å². The van der Waals surface area contributed by atoms with E-state index in [0.29, 0.717) is 0 Å². The predicted molar refractivity (Wildman–Crippen MR) is 52.9 cm³/mol. The third kappa shape index (κ3) is 1.84. The van der Waals surface area contributed by atoms with Crippen molar-refractivity contribution in [3.63, 3.8) is 0 Å². The molecule has 2 rings (SSSR count). The molecule has 0 saturated carbocycles. The second-order valence-electron chi connectivity index (χ2n) is 3.02. The van der Waals surface area contributed by atoms with E-state index in [1.54, 1.807) is 0 Å². The van der Waals surface area contributed by atoms with Crippen molar-refractivity contribution >= 4 is 32.7 Å². The van der Waals surface area contributed by atoms with Gasteiger partial charge in [-0.3, -0.25) is 0 Å². The fourth-order valence-electron chi connectivity index (χ4n) is 1.15. The zero-order valence-electron chi connectivity index (χ0n) is 7.81. The first-order valence-corrected chi connectivity index (χ1v) is 5.88. The van der Waals surface area contributed by atoms with Crippen molar-refractivity contribution in [2.75, 3.05) is 0 Å². The molecule has 0 amide bonds. The van der Waals surface area contributed by atoms with Crippen LogP contribution in [0.3, 0.4) is 0 Å². The van der Waals surface area contributed by atoms with Gasteiger partial charge in [0, 0.05) is 5.02 Å². The number of aromatic nitrogens is 3. The molecule has 0 spiro atoms. The van der Waals surface area contributed by atoms with Crippen LogP contribution in [0.15, 0.2) is 18.2 Å². The number of rotatable bonds is 1. The number of fused-ring (bicyclic) bond motifs is 1. The third-order valence-corrected chi connectivity index (χ3v) is 3.44. The van der Waals surface area contributed by atoms with Crippen LogP contribution in [0.2, 0.25) is 5.02 Å². The minimum Gasteiger partial charge on any atom is -0.195 e. The van der Waals surface area contributed by atoms with Gasteiger partial charge in [-0.05, 0) is 18.2 Å². The number of alkyl halides is 3. The van der Waals surface area contributed by atoms with Crippen LogP contribution in [-0.4, -0.2) is 28.3 Å². The highest BCUT2D eigenvalue weighted by atomic mass is 35.5. The zero-order valence-corrected chi connectivity index (χ0v) is 9.38. The van der Waals surface area contributed by atoms with Crippen molar-refractivity contribution < 1.29 is 21.6 Å². The van der Waals surface area contributed by atoms with E-state index in [-0.39, 0.29) is 20.1 Å². The number of hydrogen-bond donors (Lipinski definition) is 0. The molecule has 0 aliphatic rings. The van der Waals surface area contributed by atoms with E-state index < -0.39 is 15.5 Å². The maximum absolute atomic E-state index is 12.3. The maximum atomic E-state index is 12.3. The van der Waals surface area contributed by atoms with Crippen LogP contribution in [0.5, 0.6) is 0 Å². The molecule has 92 valence electrons. The molecule has 0 aliphatic heterocycles. The first-order valence-electron chi connectivity index (χ1n) is 4.06. The van der Waals surface area contributed by atoms with Gasteiger partial charge in [-0.2, -0.15) is 21.6 Å². The van der Waals surface area contributed by atoms with Crippen molar-refractivity contribution in [3.05, 3.63) is 23.2 Å². The molecule has 0 radical (unpaired) electrons. The van der Waals surface area contributed by atoms with E-state index >= 15 is 0 Å². The lowest BCUT2D eigenvalue weighted by Gasteiger charge is -2.07. The molecule has 1 aromatic carbocycles. The summed E-state index contributed by atoms with van der Waals surface area (Å²) in [6.45, 7) is 0. The zero-order chi connectivity index (χ0) is 12.8. The monoisotopic (exact) mass is 285 g/mol. The summed E-state index contributed by atoms with van der Waals surface area (Å²) in [6.07, 6.45) is 0. The topological polar surface area (TPSA) is 64.8 Å². The van der Waals surface area contributed by atoms with E-state index in [0.717, 1.165) is 6.07 Å². The van der Waals surface area contributed by atoms with Crippen molar-refractivity contribution in [1.29, 1.82) is 0 Å². The lowest BCUT2D eigenvalue weighted by atomic mass is 10.3. The SMILES string of the molecule is O=S(=O)(n1nnc2ccc(Cl)cc21)C(F)(F)F. The molecule has 0 N–H and O–H groups in total. The molecule has 0 bridgehead atoms. The number of benzene rings is 1. The van der Waals surface area contributed by atoms with Crippen LogP contribution >= 0.6 is 11.6 Å². The number of halogens is 4. The summed E-state index contributed by atoms with van der Waals surface area (Å²) in [5.41, 5.74) is -5.77. The minimum atomic E-state index is -5.59. The van der Waals surface area contributed by atoms with E-state index in [2.05, 4.69) is 10.3 Å². The lowest BCUT2D eigenvalue weighted by Crippen LogP contribution is -2.30. The van der Waals surface area contributed by atoms with Crippen molar-refractivity contribution in [2.45, 2.75) is 5.51 Å². The van der Waals surface area contributed by atoms with Gasteiger partial charge in [-0.15, -0.1) is 9.19 Å². The van der Waals surface area contributed by atoms with Gasteiger partial charge >= 0.3 is 15.5 Å². The maximum Gasteiger partial charge on any atom is 0.518 e. The average Bonchev–Trinajstić information content (AvgIpc) is 2.58. The lowest BCUT2D eigenvalue weighted by molar-refractivity contribution is -0.0448. The fraction of sp³-hybridized carbons (Fsp3) is 0.143. The summed E-state index contributed by atoms with van der Waals surface area (Å²) in [4.78, 5) is 0. The van der Waals surface area contributed by atoms with E-state index in [4.69, 9.17) is 11.6 Å². The van der Waals surface area contributed by atoms with Gasteiger partial charge in [-0.25, -0.2) is 0 Å². The Morgan fingerprint density at radius 1 is 1.29 bits per heavy atom. The Bertz CT molecular complexity index is 679. The Hall–Kier alpha value is -1.35. The van der Waals surface area contributed by atoms with Crippen LogP contribution in [0.1, 0.15) is 0 Å². The van der Waals surface area contributed by atoms with Crippen molar-refractivity contribution in [1.82, 2.24) is 14.4 Å². The first-order chi connectivity index (χ1) is 7.73. The summed E-state index contributed by atoms with van der Waals surface area (Å²) in [6, 6.07) is 3.68. The third-order valence-electron chi connectivity index (χ3n) is 1.90. The molecule has 0 saturated heterocycles. The minimum absolute atomic E-state index is 0.00206. The molecule has 1 aromatic heterocycles. The van der Waals surface area contributed by atoms with Crippen LogP contribution in [0.4, 0.5) is 13.2 Å². The highest BCUT2D eigenvalue weighted by molar-refractivity contribution is 7.90. The van der Waals surface area contributed by atoms with Gasteiger partial charge in [-0.1, -0.05) is 16.8 Å². The number of hydrogen-bond acceptors (Lipinski definition) is 4.